The Kier molecular flexibility index (Phi) is 7.24. The van der Waals surface area contributed by atoms with E-state index < -0.39 is 19.7 Å². The van der Waals surface area contributed by atoms with Crippen molar-refractivity contribution in [2.75, 3.05) is 18.3 Å². The first-order valence-electron chi connectivity index (χ1n) is 10.0. The van der Waals surface area contributed by atoms with Gasteiger partial charge < -0.3 is 4.57 Å². The van der Waals surface area contributed by atoms with Crippen LogP contribution in [0.5, 0.6) is 0 Å². The van der Waals surface area contributed by atoms with Crippen LogP contribution in [0, 0.1) is 0 Å². The monoisotopic (exact) mass is 542 g/mol. The van der Waals surface area contributed by atoms with Crippen molar-refractivity contribution in [1.82, 2.24) is 19.7 Å². The van der Waals surface area contributed by atoms with Crippen molar-refractivity contribution < 1.29 is 16.8 Å². The molecule has 4 rings (SSSR count). The third-order valence-electron chi connectivity index (χ3n) is 4.80. The number of thiazole rings is 1. The Morgan fingerprint density at radius 1 is 1.03 bits per heavy atom. The summed E-state index contributed by atoms with van der Waals surface area (Å²) in [5, 5.41) is 11.5. The molecule has 0 radical (unpaired) electrons. The molecule has 0 bridgehead atoms. The maximum Gasteiger partial charge on any atom is 0.198 e. The number of hydrogen-bond acceptors (Lipinski definition) is 10. The van der Waals surface area contributed by atoms with E-state index in [-0.39, 0.29) is 10.6 Å². The Balaban J connectivity index is 1.57. The number of nitrogens with zero attached hydrogens (tertiary/aromatic N) is 4. The van der Waals surface area contributed by atoms with Crippen molar-refractivity contribution in [3.8, 4) is 10.7 Å². The molecule has 0 atom stereocenters. The summed E-state index contributed by atoms with van der Waals surface area (Å²) >= 11 is 4.39. The third-order valence-corrected chi connectivity index (χ3v) is 9.87. The highest BCUT2D eigenvalue weighted by Gasteiger charge is 2.18. The summed E-state index contributed by atoms with van der Waals surface area (Å²) in [5.74, 6) is 0.964. The molecule has 0 saturated carbocycles. The van der Waals surface area contributed by atoms with Gasteiger partial charge in [-0.15, -0.1) is 32.9 Å². The Bertz CT molecular complexity index is 1470. The van der Waals surface area contributed by atoms with Crippen molar-refractivity contribution in [2.45, 2.75) is 40.2 Å². The molecule has 0 fully saturated rings. The lowest BCUT2D eigenvalue weighted by Crippen LogP contribution is -2.05. The largest absolute Gasteiger partial charge is 0.301 e. The Morgan fingerprint density at radius 2 is 1.85 bits per heavy atom. The van der Waals surface area contributed by atoms with Crippen LogP contribution in [0.3, 0.4) is 0 Å². The number of fused-ring (bicyclic) bond motifs is 1. The van der Waals surface area contributed by atoms with Crippen molar-refractivity contribution in [1.29, 1.82) is 0 Å². The maximum atomic E-state index is 11.9. The number of hydrogen-bond donors (Lipinski definition) is 0. The minimum absolute atomic E-state index is 0.190. The molecule has 1 aromatic carbocycles. The lowest BCUT2D eigenvalue weighted by Gasteiger charge is -2.08. The van der Waals surface area contributed by atoms with Crippen molar-refractivity contribution in [3.05, 3.63) is 35.7 Å². The van der Waals surface area contributed by atoms with Crippen molar-refractivity contribution in [2.24, 2.45) is 0 Å². The van der Waals surface area contributed by atoms with E-state index in [0.717, 1.165) is 38.1 Å². The Hall–Kier alpha value is -1.80. The van der Waals surface area contributed by atoms with Crippen LogP contribution < -0.4 is 0 Å². The molecule has 0 aliphatic carbocycles. The number of thiophene rings is 1. The number of unbranched alkanes of at least 4 members (excludes halogenated alkanes) is 2. The van der Waals surface area contributed by atoms with Crippen LogP contribution in [0.4, 0.5) is 0 Å². The SMILES string of the molecule is CS(=O)(=O)CCCCCn1c(Sc2nc3ccc(S(C)(=O)=O)cc3s2)nnc1-c1cccs1. The molecule has 33 heavy (non-hydrogen) atoms. The van der Waals surface area contributed by atoms with E-state index in [1.54, 1.807) is 29.5 Å². The first-order valence-corrected chi connectivity index (χ1v) is 16.5. The second-order valence-corrected chi connectivity index (χ2v) is 15.1. The molecule has 0 unspecified atom stereocenters. The lowest BCUT2D eigenvalue weighted by molar-refractivity contribution is 0.563. The summed E-state index contributed by atoms with van der Waals surface area (Å²) in [6, 6.07) is 8.89. The second-order valence-electron chi connectivity index (χ2n) is 7.61. The maximum absolute atomic E-state index is 11.9. The zero-order chi connectivity index (χ0) is 23.6. The molecule has 3 heterocycles. The fraction of sp³-hybridized carbons (Fsp3) is 0.350. The summed E-state index contributed by atoms with van der Waals surface area (Å²) in [5.41, 5.74) is 0.736. The molecule has 176 valence electrons. The Labute approximate surface area is 204 Å². The predicted octanol–water partition coefficient (Wildman–Crippen LogP) is 4.39. The summed E-state index contributed by atoms with van der Waals surface area (Å²) in [7, 11) is -6.24. The smallest absolute Gasteiger partial charge is 0.198 e. The topological polar surface area (TPSA) is 112 Å². The summed E-state index contributed by atoms with van der Waals surface area (Å²) in [4.78, 5) is 5.90. The van der Waals surface area contributed by atoms with E-state index >= 15 is 0 Å². The number of benzene rings is 1. The van der Waals surface area contributed by atoms with Crippen molar-refractivity contribution >= 4 is 64.3 Å². The third kappa shape index (κ3) is 6.21. The summed E-state index contributed by atoms with van der Waals surface area (Å²) in [6.45, 7) is 0.662. The number of aromatic nitrogens is 4. The van der Waals surface area contributed by atoms with E-state index in [1.807, 2.05) is 22.1 Å². The van der Waals surface area contributed by atoms with Crippen molar-refractivity contribution in [3.63, 3.8) is 0 Å². The van der Waals surface area contributed by atoms with Gasteiger partial charge in [-0.05, 0) is 54.2 Å². The molecule has 4 aromatic rings. The van der Waals surface area contributed by atoms with Gasteiger partial charge in [0.15, 0.2) is 25.2 Å². The molecule has 0 aliphatic heterocycles. The van der Waals surface area contributed by atoms with Gasteiger partial charge in [0.2, 0.25) is 0 Å². The average molecular weight is 543 g/mol. The van der Waals surface area contributed by atoms with Crippen LogP contribution in [0.2, 0.25) is 0 Å². The van der Waals surface area contributed by atoms with Gasteiger partial charge in [0.05, 0.1) is 20.0 Å². The first kappa shape index (κ1) is 24.3. The summed E-state index contributed by atoms with van der Waals surface area (Å²) in [6.07, 6.45) is 4.66. The molecule has 0 N–H and O–H groups in total. The minimum atomic E-state index is -3.29. The standard InChI is InChI=1S/C20H22N4O4S5/c1-32(25,26)12-5-3-4-10-24-18(16-7-6-11-29-16)22-23-19(24)31-20-21-15-9-8-14(33(2,27)28)13-17(15)30-20/h6-9,11,13H,3-5,10,12H2,1-2H3. The second kappa shape index (κ2) is 9.82. The molecular weight excluding hydrogens is 521 g/mol. The average Bonchev–Trinajstić information content (AvgIpc) is 3.45. The summed E-state index contributed by atoms with van der Waals surface area (Å²) < 4.78 is 50.1. The van der Waals surface area contributed by atoms with Gasteiger partial charge in [-0.3, -0.25) is 0 Å². The highest BCUT2D eigenvalue weighted by Crippen LogP contribution is 2.36. The van der Waals surface area contributed by atoms with Gasteiger partial charge in [0.25, 0.3) is 0 Å². The van der Waals surface area contributed by atoms with Gasteiger partial charge in [-0.2, -0.15) is 0 Å². The molecule has 0 amide bonds. The van der Waals surface area contributed by atoms with Gasteiger partial charge in [0, 0.05) is 24.8 Å². The zero-order valence-electron chi connectivity index (χ0n) is 18.0. The number of sulfone groups is 2. The number of rotatable bonds is 10. The highest BCUT2D eigenvalue weighted by molar-refractivity contribution is 8.01. The van der Waals surface area contributed by atoms with Gasteiger partial charge in [0.1, 0.15) is 9.84 Å². The van der Waals surface area contributed by atoms with E-state index in [4.69, 9.17) is 0 Å². The molecule has 13 heteroatoms. The predicted molar refractivity (Wildman–Crippen MR) is 134 cm³/mol. The fourth-order valence-corrected chi connectivity index (χ4v) is 7.43. The van der Waals surface area contributed by atoms with Crippen LogP contribution in [0.25, 0.3) is 20.9 Å². The fourth-order valence-electron chi connectivity index (χ4n) is 3.20. The minimum Gasteiger partial charge on any atom is -0.301 e. The van der Waals surface area contributed by atoms with Crippen LogP contribution in [-0.4, -0.2) is 54.8 Å². The molecule has 0 spiro atoms. The highest BCUT2D eigenvalue weighted by atomic mass is 32.2. The molecule has 0 saturated heterocycles. The normalized spacial score (nSPS) is 12.5. The van der Waals surface area contributed by atoms with Gasteiger partial charge >= 0.3 is 0 Å². The lowest BCUT2D eigenvalue weighted by atomic mass is 10.2. The van der Waals surface area contributed by atoms with E-state index in [1.165, 1.54) is 35.6 Å². The van der Waals surface area contributed by atoms with Crippen LogP contribution in [0.15, 0.2) is 50.1 Å². The van der Waals surface area contributed by atoms with Crippen LogP contribution >= 0.6 is 34.4 Å². The molecule has 3 aromatic heterocycles. The van der Waals surface area contributed by atoms with Crippen LogP contribution in [0.1, 0.15) is 19.3 Å². The molecular formula is C20H22N4O4S5. The van der Waals surface area contributed by atoms with E-state index in [2.05, 4.69) is 15.2 Å². The van der Waals surface area contributed by atoms with E-state index in [0.29, 0.717) is 18.1 Å². The van der Waals surface area contributed by atoms with Gasteiger partial charge in [-0.1, -0.05) is 12.5 Å². The van der Waals surface area contributed by atoms with E-state index in [9.17, 15) is 16.8 Å². The van der Waals surface area contributed by atoms with Gasteiger partial charge in [-0.25, -0.2) is 21.8 Å². The Morgan fingerprint density at radius 3 is 2.55 bits per heavy atom. The van der Waals surface area contributed by atoms with Crippen LogP contribution in [-0.2, 0) is 26.2 Å². The first-order chi connectivity index (χ1) is 15.6. The quantitative estimate of drug-likeness (QED) is 0.271. The molecule has 0 aliphatic rings. The molecule has 8 nitrogen and oxygen atoms in total. The zero-order valence-corrected chi connectivity index (χ0v) is 22.0.